The molecule has 2 heterocycles. The average Bonchev–Trinajstić information content (AvgIpc) is 3.87. The lowest BCUT2D eigenvalue weighted by Crippen LogP contribution is -2.49. The standard InChI is InChI=1S/C34H45N3O10/c1-2-47-28-14-25(33(45)46)24(20-3-4-20)13-22(28)17-36-11-9-34(10-12-36)15-29(41)37(19-34)23-7-5-21(6-8-23)32(44)35-16-26(39)30(42)31(43)27(40)18-38/h5-8,13-14,20,26-27,30-31,38-40,42-43H,2-4,9-12,15-19H2,1H3,(H,35,44)(H,45,46)/t26-,27+,30+,31+/m0/s1. The Morgan fingerprint density at radius 3 is 2.28 bits per heavy atom. The molecule has 4 atom stereocenters. The number of piperidine rings is 1. The lowest BCUT2D eigenvalue weighted by molar-refractivity contribution is -0.118. The Bertz CT molecular complexity index is 1440. The van der Waals surface area contributed by atoms with E-state index in [1.807, 2.05) is 13.0 Å². The number of hydrogen-bond acceptors (Lipinski definition) is 10. The van der Waals surface area contributed by atoms with Gasteiger partial charge in [0, 0.05) is 42.9 Å². The molecular formula is C34H45N3O10. The highest BCUT2D eigenvalue weighted by atomic mass is 16.5. The topological polar surface area (TPSA) is 200 Å². The fourth-order valence-electron chi connectivity index (χ4n) is 6.64. The molecule has 0 unspecified atom stereocenters. The van der Waals surface area contributed by atoms with E-state index < -0.39 is 49.4 Å². The third kappa shape index (κ3) is 7.94. The summed E-state index contributed by atoms with van der Waals surface area (Å²) >= 11 is 0. The van der Waals surface area contributed by atoms with E-state index in [0.29, 0.717) is 49.0 Å². The fraction of sp³-hybridized carbons (Fsp3) is 0.559. The second-order valence-corrected chi connectivity index (χ2v) is 13.0. The van der Waals surface area contributed by atoms with E-state index in [4.69, 9.17) is 9.84 Å². The van der Waals surface area contributed by atoms with Gasteiger partial charge in [0.25, 0.3) is 5.91 Å². The molecule has 2 amide bonds. The zero-order valence-corrected chi connectivity index (χ0v) is 26.5. The van der Waals surface area contributed by atoms with Crippen LogP contribution in [-0.2, 0) is 11.3 Å². The van der Waals surface area contributed by atoms with E-state index >= 15 is 0 Å². The second-order valence-electron chi connectivity index (χ2n) is 13.0. The Hall–Kier alpha value is -3.59. The Morgan fingerprint density at radius 2 is 1.68 bits per heavy atom. The molecule has 2 aromatic carbocycles. The second kappa shape index (κ2) is 14.7. The number of carbonyl (C=O) groups excluding carboxylic acids is 2. The number of hydrogen-bond donors (Lipinski definition) is 7. The van der Waals surface area contributed by atoms with E-state index in [1.54, 1.807) is 35.2 Å². The van der Waals surface area contributed by atoms with Gasteiger partial charge in [-0.25, -0.2) is 4.79 Å². The van der Waals surface area contributed by atoms with Crippen LogP contribution in [0.4, 0.5) is 5.69 Å². The summed E-state index contributed by atoms with van der Waals surface area (Å²) in [7, 11) is 0. The Labute approximate surface area is 273 Å². The smallest absolute Gasteiger partial charge is 0.336 e. The Balaban J connectivity index is 1.16. The molecule has 5 rings (SSSR count). The highest BCUT2D eigenvalue weighted by molar-refractivity contribution is 5.98. The maximum absolute atomic E-state index is 13.2. The van der Waals surface area contributed by atoms with Gasteiger partial charge in [0.05, 0.1) is 24.9 Å². The van der Waals surface area contributed by atoms with E-state index in [9.17, 15) is 39.9 Å². The molecule has 0 bridgehead atoms. The maximum Gasteiger partial charge on any atom is 0.336 e. The normalized spacial score (nSPS) is 20.6. The predicted octanol–water partition coefficient (Wildman–Crippen LogP) is 0.846. The van der Waals surface area contributed by atoms with Crippen molar-refractivity contribution in [2.24, 2.45) is 5.41 Å². The molecule has 1 aliphatic carbocycles. The van der Waals surface area contributed by atoms with Crippen LogP contribution in [0, 0.1) is 5.41 Å². The zero-order valence-electron chi connectivity index (χ0n) is 26.5. The number of aliphatic hydroxyl groups is 5. The minimum Gasteiger partial charge on any atom is -0.494 e. The molecular weight excluding hydrogens is 610 g/mol. The number of nitrogens with zero attached hydrogens (tertiary/aromatic N) is 2. The molecule has 13 nitrogen and oxygen atoms in total. The molecule has 1 saturated carbocycles. The average molecular weight is 656 g/mol. The fourth-order valence-corrected chi connectivity index (χ4v) is 6.64. The minimum absolute atomic E-state index is 0.0216. The number of carboxylic acid groups (broad SMARTS) is 1. The van der Waals surface area contributed by atoms with Crippen molar-refractivity contribution in [2.45, 2.75) is 75.9 Å². The van der Waals surface area contributed by atoms with Gasteiger partial charge in [0.1, 0.15) is 24.1 Å². The third-order valence-electron chi connectivity index (χ3n) is 9.65. The number of anilines is 1. The first-order valence-electron chi connectivity index (χ1n) is 16.2. The largest absolute Gasteiger partial charge is 0.494 e. The summed E-state index contributed by atoms with van der Waals surface area (Å²) in [6.45, 7) is 3.93. The van der Waals surface area contributed by atoms with Crippen molar-refractivity contribution < 1.29 is 49.8 Å². The molecule has 1 spiro atoms. The van der Waals surface area contributed by atoms with Gasteiger partial charge in [-0.3, -0.25) is 14.5 Å². The van der Waals surface area contributed by atoms with Crippen molar-refractivity contribution in [3.63, 3.8) is 0 Å². The zero-order chi connectivity index (χ0) is 33.9. The summed E-state index contributed by atoms with van der Waals surface area (Å²) in [6.07, 6.45) is -2.68. The number of carboxylic acids is 1. The molecule has 2 saturated heterocycles. The minimum atomic E-state index is -1.79. The van der Waals surface area contributed by atoms with Crippen LogP contribution in [0.1, 0.15) is 76.8 Å². The molecule has 0 aromatic heterocycles. The molecule has 2 aromatic rings. The van der Waals surface area contributed by atoms with Crippen LogP contribution >= 0.6 is 0 Å². The number of ether oxygens (including phenoxy) is 1. The molecule has 13 heteroatoms. The van der Waals surface area contributed by atoms with Crippen molar-refractivity contribution in [2.75, 3.05) is 44.3 Å². The quantitative estimate of drug-likeness (QED) is 0.152. The van der Waals surface area contributed by atoms with Gasteiger partial charge in [-0.15, -0.1) is 0 Å². The van der Waals surface area contributed by atoms with E-state index in [1.165, 1.54) is 0 Å². The van der Waals surface area contributed by atoms with Gasteiger partial charge in [-0.05, 0) is 99.0 Å². The van der Waals surface area contributed by atoms with Gasteiger partial charge in [-0.1, -0.05) is 0 Å². The number of aliphatic hydroxyl groups excluding tert-OH is 5. The van der Waals surface area contributed by atoms with Gasteiger partial charge in [0.15, 0.2) is 0 Å². The van der Waals surface area contributed by atoms with Crippen LogP contribution in [0.2, 0.25) is 0 Å². The van der Waals surface area contributed by atoms with Gasteiger partial charge in [0.2, 0.25) is 5.91 Å². The van der Waals surface area contributed by atoms with Crippen molar-refractivity contribution >= 4 is 23.5 Å². The van der Waals surface area contributed by atoms with Gasteiger partial charge >= 0.3 is 5.97 Å². The summed E-state index contributed by atoms with van der Waals surface area (Å²) in [6, 6.07) is 10.2. The number of benzene rings is 2. The van der Waals surface area contributed by atoms with Crippen LogP contribution in [0.3, 0.4) is 0 Å². The first-order valence-corrected chi connectivity index (χ1v) is 16.2. The van der Waals surface area contributed by atoms with Crippen LogP contribution in [0.5, 0.6) is 5.75 Å². The molecule has 3 aliphatic rings. The predicted molar refractivity (Wildman–Crippen MR) is 170 cm³/mol. The molecule has 7 N–H and O–H groups in total. The first kappa shape index (κ1) is 34.7. The lowest BCUT2D eigenvalue weighted by Gasteiger charge is -2.39. The molecule has 3 fully saturated rings. The first-order chi connectivity index (χ1) is 22.4. The monoisotopic (exact) mass is 655 g/mol. The summed E-state index contributed by atoms with van der Waals surface area (Å²) in [5.41, 5.74) is 2.98. The number of nitrogens with one attached hydrogen (secondary N) is 1. The Morgan fingerprint density at radius 1 is 1.02 bits per heavy atom. The SMILES string of the molecule is CCOc1cc(C(=O)O)c(C2CC2)cc1CN1CCC2(CC1)CC(=O)N(c1ccc(C(=O)NC[C@H](O)[C@@H](O)[C@H](O)[C@H](O)CO)cc1)C2. The molecule has 47 heavy (non-hydrogen) atoms. The summed E-state index contributed by atoms with van der Waals surface area (Å²) in [5, 5.41) is 60.3. The van der Waals surface area contributed by atoms with E-state index in [-0.39, 0.29) is 16.9 Å². The van der Waals surface area contributed by atoms with E-state index in [2.05, 4.69) is 10.2 Å². The summed E-state index contributed by atoms with van der Waals surface area (Å²) in [5.74, 6) is -0.545. The Kier molecular flexibility index (Phi) is 10.8. The number of carbonyl (C=O) groups is 3. The van der Waals surface area contributed by atoms with Crippen LogP contribution in [-0.4, -0.2) is 117 Å². The van der Waals surface area contributed by atoms with Crippen molar-refractivity contribution in [3.05, 3.63) is 58.7 Å². The number of rotatable bonds is 14. The number of likely N-dealkylation sites (tertiary alicyclic amines) is 1. The van der Waals surface area contributed by atoms with E-state index in [0.717, 1.165) is 49.9 Å². The summed E-state index contributed by atoms with van der Waals surface area (Å²) in [4.78, 5) is 41.8. The van der Waals surface area contributed by atoms with Crippen LogP contribution in [0.25, 0.3) is 0 Å². The lowest BCUT2D eigenvalue weighted by atomic mass is 9.77. The van der Waals surface area contributed by atoms with Crippen LogP contribution < -0.4 is 15.0 Å². The molecule has 256 valence electrons. The van der Waals surface area contributed by atoms with Crippen molar-refractivity contribution in [1.82, 2.24) is 10.2 Å². The van der Waals surface area contributed by atoms with Gasteiger partial charge < -0.3 is 45.6 Å². The highest BCUT2D eigenvalue weighted by Gasteiger charge is 2.45. The third-order valence-corrected chi connectivity index (χ3v) is 9.65. The molecule has 0 radical (unpaired) electrons. The van der Waals surface area contributed by atoms with Crippen molar-refractivity contribution in [3.8, 4) is 5.75 Å². The molecule has 2 aliphatic heterocycles. The highest BCUT2D eigenvalue weighted by Crippen LogP contribution is 2.45. The number of amides is 2. The summed E-state index contributed by atoms with van der Waals surface area (Å²) < 4.78 is 5.86. The number of aromatic carboxylic acids is 1. The van der Waals surface area contributed by atoms with Crippen molar-refractivity contribution in [1.29, 1.82) is 0 Å². The maximum atomic E-state index is 13.2. The van der Waals surface area contributed by atoms with Crippen LogP contribution in [0.15, 0.2) is 36.4 Å². The van der Waals surface area contributed by atoms with Gasteiger partial charge in [-0.2, -0.15) is 0 Å².